The second-order valence-electron chi connectivity index (χ2n) is 5.81. The van der Waals surface area contributed by atoms with Gasteiger partial charge in [-0.05, 0) is 25.5 Å². The maximum absolute atomic E-state index is 12.6. The van der Waals surface area contributed by atoms with Crippen molar-refractivity contribution in [2.75, 3.05) is 19.5 Å². The lowest BCUT2D eigenvalue weighted by Crippen LogP contribution is -2.32. The summed E-state index contributed by atoms with van der Waals surface area (Å²) in [4.78, 5) is 24.6. The van der Waals surface area contributed by atoms with Gasteiger partial charge in [0, 0.05) is 12.1 Å². The first kappa shape index (κ1) is 21.7. The number of carbonyl (C=O) groups is 2. The first-order valence-electron chi connectivity index (χ1n) is 8.17. The minimum absolute atomic E-state index is 0.281. The van der Waals surface area contributed by atoms with Crippen LogP contribution in [-0.4, -0.2) is 32.0 Å². The van der Waals surface area contributed by atoms with Gasteiger partial charge in [-0.1, -0.05) is 35.3 Å². The number of amides is 1. The number of hydrogen-bond acceptors (Lipinski definition) is 6. The average Bonchev–Trinajstić information content (AvgIpc) is 2.65. The smallest absolute Gasteiger partial charge is 0.258 e. The van der Waals surface area contributed by atoms with E-state index in [1.807, 2.05) is 13.0 Å². The van der Waals surface area contributed by atoms with Crippen molar-refractivity contribution >= 4 is 46.3 Å². The van der Waals surface area contributed by atoms with Crippen LogP contribution in [0.2, 0.25) is 10.0 Å². The fourth-order valence-corrected chi connectivity index (χ4v) is 2.70. The van der Waals surface area contributed by atoms with Gasteiger partial charge >= 0.3 is 0 Å². The van der Waals surface area contributed by atoms with Crippen LogP contribution >= 0.6 is 23.2 Å². The molecule has 0 fully saturated rings. The average molecular weight is 424 g/mol. The van der Waals surface area contributed by atoms with Gasteiger partial charge in [-0.25, -0.2) is 0 Å². The zero-order valence-corrected chi connectivity index (χ0v) is 17.3. The molecule has 0 bridgehead atoms. The summed E-state index contributed by atoms with van der Waals surface area (Å²) in [6.07, 6.45) is 0. The van der Waals surface area contributed by atoms with Crippen LogP contribution in [0.15, 0.2) is 40.6 Å². The molecule has 0 aromatic heterocycles. The number of rotatable bonds is 7. The van der Waals surface area contributed by atoms with Gasteiger partial charge in [0.05, 0.1) is 30.0 Å². The zero-order chi connectivity index (χ0) is 20.8. The number of ketones is 1. The number of methoxy groups -OCH3 is 2. The summed E-state index contributed by atoms with van der Waals surface area (Å²) in [6.45, 7) is 3.07. The van der Waals surface area contributed by atoms with E-state index in [1.54, 1.807) is 12.1 Å². The van der Waals surface area contributed by atoms with Crippen LogP contribution in [0, 0.1) is 6.92 Å². The Morgan fingerprint density at radius 2 is 1.79 bits per heavy atom. The van der Waals surface area contributed by atoms with Gasteiger partial charge < -0.3 is 14.8 Å². The fraction of sp³-hybridized carbons (Fsp3) is 0.263. The summed E-state index contributed by atoms with van der Waals surface area (Å²) >= 11 is 12.2. The van der Waals surface area contributed by atoms with Crippen molar-refractivity contribution in [3.05, 3.63) is 45.9 Å². The third-order valence-corrected chi connectivity index (χ3v) is 4.60. The monoisotopic (exact) mass is 423 g/mol. The number of Topliss-reactive ketones (excluding diaryl/α,β-unsaturated/α-hetero) is 1. The predicted molar refractivity (Wildman–Crippen MR) is 108 cm³/mol. The largest absolute Gasteiger partial charge is 0.495 e. The quantitative estimate of drug-likeness (QED) is 0.501. The van der Waals surface area contributed by atoms with E-state index < -0.39 is 17.7 Å². The maximum atomic E-state index is 12.6. The van der Waals surface area contributed by atoms with Crippen LogP contribution in [0.3, 0.4) is 0 Å². The molecule has 1 N–H and O–H groups in total. The Balaban J connectivity index is 2.30. The fourth-order valence-electron chi connectivity index (χ4n) is 2.31. The van der Waals surface area contributed by atoms with Crippen molar-refractivity contribution < 1.29 is 19.1 Å². The molecule has 7 nitrogen and oxygen atoms in total. The van der Waals surface area contributed by atoms with Crippen molar-refractivity contribution in [1.82, 2.24) is 0 Å². The predicted octanol–water partition coefficient (Wildman–Crippen LogP) is 5.00. The molecule has 2 aromatic carbocycles. The molecule has 0 aliphatic rings. The van der Waals surface area contributed by atoms with Crippen molar-refractivity contribution in [3.8, 4) is 11.5 Å². The molecular formula is C19H19Cl2N3O4. The molecule has 1 unspecified atom stereocenters. The second kappa shape index (κ2) is 9.52. The molecule has 28 heavy (non-hydrogen) atoms. The molecular weight excluding hydrogens is 405 g/mol. The third-order valence-electron chi connectivity index (χ3n) is 3.82. The Bertz CT molecular complexity index is 932. The number of aryl methyl sites for hydroxylation is 1. The summed E-state index contributed by atoms with van der Waals surface area (Å²) in [5.41, 5.74) is 1.45. The summed E-state index contributed by atoms with van der Waals surface area (Å²) in [6, 6.07) is 6.83. The van der Waals surface area contributed by atoms with E-state index in [-0.39, 0.29) is 5.69 Å². The minimum atomic E-state index is -1.36. The van der Waals surface area contributed by atoms with Gasteiger partial charge in [-0.2, -0.15) is 10.2 Å². The molecule has 0 heterocycles. The number of carbonyl (C=O) groups excluding carboxylic acids is 2. The molecule has 0 spiro atoms. The van der Waals surface area contributed by atoms with Gasteiger partial charge in [0.15, 0.2) is 5.78 Å². The number of halogens is 2. The first-order chi connectivity index (χ1) is 13.3. The standard InChI is InChI=1S/C19H19Cl2N3O4/c1-10-6-5-7-13(17(10)21)23-24-18(11(2)25)19(26)22-14-9-15(27-3)12(20)8-16(14)28-4/h5-9,18H,1-4H3,(H,22,26). The van der Waals surface area contributed by atoms with Crippen molar-refractivity contribution in [1.29, 1.82) is 0 Å². The van der Waals surface area contributed by atoms with Crippen LogP contribution < -0.4 is 14.8 Å². The molecule has 2 aromatic rings. The molecule has 9 heteroatoms. The normalized spacial score (nSPS) is 11.9. The molecule has 2 rings (SSSR count). The maximum Gasteiger partial charge on any atom is 0.258 e. The summed E-state index contributed by atoms with van der Waals surface area (Å²) in [5, 5.41) is 11.2. The number of ether oxygens (including phenoxy) is 2. The van der Waals surface area contributed by atoms with Gasteiger partial charge in [-0.15, -0.1) is 0 Å². The number of azo groups is 1. The third kappa shape index (κ3) is 4.99. The molecule has 0 saturated carbocycles. The van der Waals surface area contributed by atoms with Crippen LogP contribution in [-0.2, 0) is 9.59 Å². The zero-order valence-electron chi connectivity index (χ0n) is 15.7. The Morgan fingerprint density at radius 1 is 1.11 bits per heavy atom. The highest BCUT2D eigenvalue weighted by Gasteiger charge is 2.25. The topological polar surface area (TPSA) is 89.4 Å². The highest BCUT2D eigenvalue weighted by Crippen LogP contribution is 2.36. The van der Waals surface area contributed by atoms with Gasteiger partial charge in [0.25, 0.3) is 5.91 Å². The SMILES string of the molecule is COc1cc(NC(=O)C(N=Nc2cccc(C)c2Cl)C(C)=O)c(OC)cc1Cl. The Morgan fingerprint density at radius 3 is 2.39 bits per heavy atom. The lowest BCUT2D eigenvalue weighted by atomic mass is 10.2. The molecule has 0 radical (unpaired) electrons. The highest BCUT2D eigenvalue weighted by molar-refractivity contribution is 6.33. The van der Waals surface area contributed by atoms with E-state index in [4.69, 9.17) is 32.7 Å². The van der Waals surface area contributed by atoms with E-state index in [0.29, 0.717) is 27.2 Å². The first-order valence-corrected chi connectivity index (χ1v) is 8.92. The van der Waals surface area contributed by atoms with E-state index in [9.17, 15) is 9.59 Å². The Hall–Kier alpha value is -2.64. The van der Waals surface area contributed by atoms with Gasteiger partial charge in [0.2, 0.25) is 6.04 Å². The molecule has 0 saturated heterocycles. The van der Waals surface area contributed by atoms with Crippen LogP contribution in [0.4, 0.5) is 11.4 Å². The number of nitrogens with one attached hydrogen (secondary N) is 1. The number of nitrogens with zero attached hydrogens (tertiary/aromatic N) is 2. The molecule has 0 aliphatic carbocycles. The summed E-state index contributed by atoms with van der Waals surface area (Å²) < 4.78 is 10.4. The van der Waals surface area contributed by atoms with Gasteiger partial charge in [0.1, 0.15) is 17.2 Å². The van der Waals surface area contributed by atoms with Crippen molar-refractivity contribution in [3.63, 3.8) is 0 Å². The lowest BCUT2D eigenvalue weighted by molar-refractivity contribution is -0.126. The van der Waals surface area contributed by atoms with Crippen LogP contribution in [0.25, 0.3) is 0 Å². The second-order valence-corrected chi connectivity index (χ2v) is 6.60. The van der Waals surface area contributed by atoms with Crippen molar-refractivity contribution in [2.45, 2.75) is 19.9 Å². The number of benzene rings is 2. The summed E-state index contributed by atoms with van der Waals surface area (Å²) in [7, 11) is 2.87. The lowest BCUT2D eigenvalue weighted by Gasteiger charge is -2.14. The Kier molecular flexibility index (Phi) is 7.37. The van der Waals surface area contributed by atoms with Crippen LogP contribution in [0.5, 0.6) is 11.5 Å². The molecule has 1 atom stereocenters. The van der Waals surface area contributed by atoms with E-state index in [2.05, 4.69) is 15.5 Å². The molecule has 148 valence electrons. The van der Waals surface area contributed by atoms with E-state index >= 15 is 0 Å². The molecule has 0 aliphatic heterocycles. The Labute approximate surface area is 172 Å². The summed E-state index contributed by atoms with van der Waals surface area (Å²) in [5.74, 6) is -0.516. The van der Waals surface area contributed by atoms with Gasteiger partial charge in [-0.3, -0.25) is 9.59 Å². The highest BCUT2D eigenvalue weighted by atomic mass is 35.5. The number of hydrogen-bond donors (Lipinski definition) is 1. The number of anilines is 1. The minimum Gasteiger partial charge on any atom is -0.495 e. The van der Waals surface area contributed by atoms with Crippen molar-refractivity contribution in [2.24, 2.45) is 10.2 Å². The van der Waals surface area contributed by atoms with Crippen LogP contribution in [0.1, 0.15) is 12.5 Å². The van der Waals surface area contributed by atoms with E-state index in [1.165, 1.54) is 33.3 Å². The van der Waals surface area contributed by atoms with E-state index in [0.717, 1.165) is 5.56 Å². The molecule has 1 amide bonds.